The molecule has 8 heteroatoms. The lowest BCUT2D eigenvalue weighted by atomic mass is 9.93. The van der Waals surface area contributed by atoms with Gasteiger partial charge in [0.05, 0.1) is 12.2 Å². The number of benzene rings is 3. The van der Waals surface area contributed by atoms with Crippen molar-refractivity contribution in [1.82, 2.24) is 0 Å². The second kappa shape index (κ2) is 14.9. The SMILES string of the molecule is CCOP(=O)(C(=O)c1ccccc1C(=O)C(C)(C)OCCCCC(C)(CC)OC(=O)c1ccccc1C)c1ccccc1. The molecule has 0 heterocycles. The zero-order valence-electron chi connectivity index (χ0n) is 26.1. The standard InChI is InChI=1S/C35H43O7P/c1-7-35(6,42-32(37)28-21-13-12-18-26(28)3)24-16-17-25-40-34(4,5)31(36)29-22-14-15-23-30(29)33(38)43(39,41-8-2)27-19-10-9-11-20-27/h9-15,18-23H,7-8,16-17,24-25H2,1-6H3. The van der Waals surface area contributed by atoms with Gasteiger partial charge in [-0.05, 0) is 84.1 Å². The lowest BCUT2D eigenvalue weighted by Gasteiger charge is -2.29. The zero-order chi connectivity index (χ0) is 31.7. The largest absolute Gasteiger partial charge is 0.456 e. The molecule has 0 radical (unpaired) electrons. The molecule has 0 aliphatic heterocycles. The van der Waals surface area contributed by atoms with Gasteiger partial charge in [0.2, 0.25) is 0 Å². The van der Waals surface area contributed by atoms with E-state index in [9.17, 15) is 18.9 Å². The molecule has 2 unspecified atom stereocenters. The van der Waals surface area contributed by atoms with E-state index in [1.54, 1.807) is 75.4 Å². The predicted octanol–water partition coefficient (Wildman–Crippen LogP) is 7.95. The summed E-state index contributed by atoms with van der Waals surface area (Å²) in [7, 11) is -3.95. The lowest BCUT2D eigenvalue weighted by molar-refractivity contribution is -0.0223. The highest BCUT2D eigenvalue weighted by Gasteiger charge is 2.40. The van der Waals surface area contributed by atoms with Crippen LogP contribution in [0.3, 0.4) is 0 Å². The van der Waals surface area contributed by atoms with Crippen LogP contribution in [0.1, 0.15) is 96.9 Å². The smallest absolute Gasteiger partial charge is 0.338 e. The van der Waals surface area contributed by atoms with Crippen LogP contribution in [0.4, 0.5) is 0 Å². The van der Waals surface area contributed by atoms with Crippen molar-refractivity contribution in [3.8, 4) is 0 Å². The fourth-order valence-electron chi connectivity index (χ4n) is 4.78. The molecular formula is C35H43O7P. The number of esters is 1. The number of carbonyl (C=O) groups excluding carboxylic acids is 3. The van der Waals surface area contributed by atoms with Crippen molar-refractivity contribution in [2.24, 2.45) is 0 Å². The fourth-order valence-corrected chi connectivity index (χ4v) is 6.72. The van der Waals surface area contributed by atoms with Gasteiger partial charge in [0.15, 0.2) is 5.78 Å². The number of aryl methyl sites for hydroxylation is 1. The maximum atomic E-state index is 13.9. The van der Waals surface area contributed by atoms with E-state index >= 15 is 0 Å². The minimum absolute atomic E-state index is 0.0407. The van der Waals surface area contributed by atoms with Gasteiger partial charge in [-0.15, -0.1) is 0 Å². The van der Waals surface area contributed by atoms with E-state index in [-0.39, 0.29) is 29.0 Å². The minimum atomic E-state index is -3.95. The average Bonchev–Trinajstić information content (AvgIpc) is 3.00. The van der Waals surface area contributed by atoms with Crippen LogP contribution < -0.4 is 5.30 Å². The number of rotatable bonds is 16. The third-order valence-electron chi connectivity index (χ3n) is 7.64. The third-order valence-corrected chi connectivity index (χ3v) is 10.0. The Kier molecular flexibility index (Phi) is 11.8. The number of hydrogen-bond donors (Lipinski definition) is 0. The number of carbonyl (C=O) groups is 3. The molecule has 3 rings (SSSR count). The van der Waals surface area contributed by atoms with Gasteiger partial charge in [-0.2, -0.15) is 0 Å². The number of ketones is 1. The van der Waals surface area contributed by atoms with Crippen molar-refractivity contribution in [2.45, 2.75) is 78.4 Å². The topological polar surface area (TPSA) is 96.0 Å². The number of ether oxygens (including phenoxy) is 2. The second-order valence-corrected chi connectivity index (χ2v) is 13.6. The molecule has 2 atom stereocenters. The minimum Gasteiger partial charge on any atom is -0.456 e. The van der Waals surface area contributed by atoms with Crippen LogP contribution in [0.5, 0.6) is 0 Å². The second-order valence-electron chi connectivity index (χ2n) is 11.3. The molecule has 0 saturated carbocycles. The van der Waals surface area contributed by atoms with Crippen molar-refractivity contribution >= 4 is 30.0 Å². The van der Waals surface area contributed by atoms with Gasteiger partial charge in [0.1, 0.15) is 11.2 Å². The maximum Gasteiger partial charge on any atom is 0.338 e. The highest BCUT2D eigenvalue weighted by atomic mass is 31.2. The fraction of sp³-hybridized carbons (Fsp3) is 0.400. The van der Waals surface area contributed by atoms with Gasteiger partial charge in [0.25, 0.3) is 5.52 Å². The molecule has 3 aromatic carbocycles. The van der Waals surface area contributed by atoms with E-state index in [2.05, 4.69) is 0 Å². The molecule has 0 aromatic heterocycles. The molecule has 0 amide bonds. The van der Waals surface area contributed by atoms with E-state index < -0.39 is 29.9 Å². The summed E-state index contributed by atoms with van der Waals surface area (Å²) in [6.45, 7) is 11.2. The summed E-state index contributed by atoms with van der Waals surface area (Å²) >= 11 is 0. The monoisotopic (exact) mass is 606 g/mol. The highest BCUT2D eigenvalue weighted by molar-refractivity contribution is 7.83. The third kappa shape index (κ3) is 8.38. The Bertz CT molecular complexity index is 1460. The molecule has 0 fully saturated rings. The Morgan fingerprint density at radius 1 is 0.767 bits per heavy atom. The Morgan fingerprint density at radius 2 is 1.35 bits per heavy atom. The quantitative estimate of drug-likeness (QED) is 0.0707. The van der Waals surface area contributed by atoms with Crippen LogP contribution in [0.2, 0.25) is 0 Å². The highest BCUT2D eigenvalue weighted by Crippen LogP contribution is 2.49. The number of unbranched alkanes of at least 4 members (excludes halogenated alkanes) is 1. The van der Waals surface area contributed by atoms with Crippen LogP contribution in [0.15, 0.2) is 78.9 Å². The van der Waals surface area contributed by atoms with Crippen LogP contribution in [0, 0.1) is 6.92 Å². The molecule has 230 valence electrons. The van der Waals surface area contributed by atoms with E-state index in [1.807, 2.05) is 39.0 Å². The van der Waals surface area contributed by atoms with Crippen molar-refractivity contribution in [3.63, 3.8) is 0 Å². The van der Waals surface area contributed by atoms with Crippen molar-refractivity contribution < 1.29 is 32.9 Å². The molecule has 0 aliphatic rings. The maximum absolute atomic E-state index is 13.9. The first kappa shape index (κ1) is 34.1. The molecule has 43 heavy (non-hydrogen) atoms. The summed E-state index contributed by atoms with van der Waals surface area (Å²) < 4.78 is 31.4. The molecule has 3 aromatic rings. The first-order valence-electron chi connectivity index (χ1n) is 14.8. The molecule has 0 spiro atoms. The van der Waals surface area contributed by atoms with E-state index in [0.717, 1.165) is 12.0 Å². The van der Waals surface area contributed by atoms with Crippen LogP contribution in [0.25, 0.3) is 0 Å². The van der Waals surface area contributed by atoms with Crippen LogP contribution in [-0.2, 0) is 18.6 Å². The van der Waals surface area contributed by atoms with Crippen molar-refractivity contribution in [1.29, 1.82) is 0 Å². The molecule has 7 nitrogen and oxygen atoms in total. The predicted molar refractivity (Wildman–Crippen MR) is 170 cm³/mol. The first-order valence-corrected chi connectivity index (χ1v) is 16.4. The molecular weight excluding hydrogens is 563 g/mol. The Labute approximate surface area is 255 Å². The summed E-state index contributed by atoms with van der Waals surface area (Å²) in [5.41, 5.74) is -0.990. The van der Waals surface area contributed by atoms with Gasteiger partial charge in [-0.25, -0.2) is 4.79 Å². The van der Waals surface area contributed by atoms with Gasteiger partial charge < -0.3 is 14.0 Å². The average molecular weight is 607 g/mol. The number of hydrogen-bond acceptors (Lipinski definition) is 7. The van der Waals surface area contributed by atoms with Crippen LogP contribution >= 0.6 is 7.37 Å². The number of Topliss-reactive ketones (excluding diaryl/α,β-unsaturated/α-hetero) is 1. The summed E-state index contributed by atoms with van der Waals surface area (Å²) in [5, 5.41) is 0.281. The van der Waals surface area contributed by atoms with Gasteiger partial charge in [0, 0.05) is 23.0 Å². The van der Waals surface area contributed by atoms with Gasteiger partial charge in [-0.1, -0.05) is 67.6 Å². The van der Waals surface area contributed by atoms with Crippen molar-refractivity contribution in [3.05, 3.63) is 101 Å². The molecule has 0 N–H and O–H groups in total. The summed E-state index contributed by atoms with van der Waals surface area (Å²) in [4.78, 5) is 40.2. The molecule has 0 bridgehead atoms. The van der Waals surface area contributed by atoms with Crippen molar-refractivity contribution in [2.75, 3.05) is 13.2 Å². The molecule has 0 saturated heterocycles. The summed E-state index contributed by atoms with van der Waals surface area (Å²) in [6.07, 6.45) is 2.67. The first-order chi connectivity index (χ1) is 20.4. The lowest BCUT2D eigenvalue weighted by Crippen LogP contribution is -2.36. The Morgan fingerprint density at radius 3 is 1.95 bits per heavy atom. The van der Waals surface area contributed by atoms with Gasteiger partial charge in [-0.3, -0.25) is 14.2 Å². The van der Waals surface area contributed by atoms with Crippen LogP contribution in [-0.4, -0.2) is 41.7 Å². The Balaban J connectivity index is 1.65. The van der Waals surface area contributed by atoms with E-state index in [4.69, 9.17) is 14.0 Å². The van der Waals surface area contributed by atoms with E-state index in [0.29, 0.717) is 31.4 Å². The molecule has 0 aliphatic carbocycles. The Hall–Kier alpha value is -3.38. The summed E-state index contributed by atoms with van der Waals surface area (Å²) in [6, 6.07) is 22.1. The van der Waals surface area contributed by atoms with E-state index in [1.165, 1.54) is 6.07 Å². The summed E-state index contributed by atoms with van der Waals surface area (Å²) in [5.74, 6) is -0.724. The normalized spacial score (nSPS) is 14.4. The zero-order valence-corrected chi connectivity index (χ0v) is 26.9. The van der Waals surface area contributed by atoms with Gasteiger partial charge >= 0.3 is 13.3 Å².